The molecule has 1 aromatic rings. The molecule has 1 aliphatic rings. The summed E-state index contributed by atoms with van der Waals surface area (Å²) in [6.45, 7) is 2.91. The molecular formula is C9H11ClN2O. The maximum absolute atomic E-state index is 5.75. The number of halogens is 1. The van der Waals surface area contributed by atoms with Gasteiger partial charge in [-0.15, -0.1) is 0 Å². The molecule has 0 bridgehead atoms. The predicted molar refractivity (Wildman–Crippen MR) is 50.9 cm³/mol. The second kappa shape index (κ2) is 3.94. The van der Waals surface area contributed by atoms with E-state index in [4.69, 9.17) is 16.3 Å². The molecule has 0 aromatic carbocycles. The fraction of sp³-hybridized carbons (Fsp3) is 0.444. The van der Waals surface area contributed by atoms with Crippen LogP contribution < -0.4 is 4.74 Å². The van der Waals surface area contributed by atoms with Gasteiger partial charge in [0.15, 0.2) is 0 Å². The van der Waals surface area contributed by atoms with Gasteiger partial charge in [-0.3, -0.25) is 9.88 Å². The second-order valence-corrected chi connectivity index (χ2v) is 3.52. The van der Waals surface area contributed by atoms with Crippen LogP contribution >= 0.6 is 11.6 Å². The maximum Gasteiger partial charge on any atom is 0.142 e. The first-order valence-corrected chi connectivity index (χ1v) is 4.68. The molecule has 4 heteroatoms. The van der Waals surface area contributed by atoms with Gasteiger partial charge in [-0.25, -0.2) is 0 Å². The van der Waals surface area contributed by atoms with E-state index in [1.807, 2.05) is 0 Å². The molecule has 70 valence electrons. The van der Waals surface area contributed by atoms with E-state index in [0.29, 0.717) is 11.8 Å². The number of pyridine rings is 1. The SMILES string of the molecule is Clc1cncc(OCN2CCC2)c1. The number of rotatable bonds is 3. The van der Waals surface area contributed by atoms with Crippen molar-refractivity contribution in [3.63, 3.8) is 0 Å². The molecule has 1 aliphatic heterocycles. The van der Waals surface area contributed by atoms with E-state index in [-0.39, 0.29) is 0 Å². The van der Waals surface area contributed by atoms with Crippen molar-refractivity contribution in [1.82, 2.24) is 9.88 Å². The van der Waals surface area contributed by atoms with Crippen molar-refractivity contribution in [2.75, 3.05) is 19.8 Å². The van der Waals surface area contributed by atoms with Crippen LogP contribution in [0.15, 0.2) is 18.5 Å². The van der Waals surface area contributed by atoms with Gasteiger partial charge < -0.3 is 4.74 Å². The maximum atomic E-state index is 5.75. The summed E-state index contributed by atoms with van der Waals surface area (Å²) >= 11 is 5.75. The molecule has 0 atom stereocenters. The molecule has 0 aliphatic carbocycles. The summed E-state index contributed by atoms with van der Waals surface area (Å²) in [5.41, 5.74) is 0. The van der Waals surface area contributed by atoms with Crippen LogP contribution in [0.2, 0.25) is 5.02 Å². The number of likely N-dealkylation sites (tertiary alicyclic amines) is 1. The zero-order valence-corrected chi connectivity index (χ0v) is 8.00. The first kappa shape index (κ1) is 8.78. The van der Waals surface area contributed by atoms with Crippen molar-refractivity contribution < 1.29 is 4.74 Å². The van der Waals surface area contributed by atoms with Crippen molar-refractivity contribution >= 4 is 11.6 Å². The van der Waals surface area contributed by atoms with E-state index >= 15 is 0 Å². The van der Waals surface area contributed by atoms with E-state index in [9.17, 15) is 0 Å². The Morgan fingerprint density at radius 2 is 2.31 bits per heavy atom. The molecule has 0 unspecified atom stereocenters. The van der Waals surface area contributed by atoms with Gasteiger partial charge in [0.1, 0.15) is 12.5 Å². The molecule has 3 nitrogen and oxygen atoms in total. The van der Waals surface area contributed by atoms with Gasteiger partial charge in [-0.2, -0.15) is 0 Å². The van der Waals surface area contributed by atoms with E-state index in [0.717, 1.165) is 18.8 Å². The Kier molecular flexibility index (Phi) is 2.66. The number of hydrogen-bond acceptors (Lipinski definition) is 3. The highest BCUT2D eigenvalue weighted by Gasteiger charge is 2.13. The molecule has 2 rings (SSSR count). The molecule has 0 saturated carbocycles. The van der Waals surface area contributed by atoms with Gasteiger partial charge in [-0.1, -0.05) is 11.6 Å². The predicted octanol–water partition coefficient (Wildman–Crippen LogP) is 1.78. The minimum atomic E-state index is 0.612. The average molecular weight is 199 g/mol. The van der Waals surface area contributed by atoms with E-state index < -0.39 is 0 Å². The van der Waals surface area contributed by atoms with E-state index in [1.165, 1.54) is 6.42 Å². The van der Waals surface area contributed by atoms with Crippen molar-refractivity contribution in [2.24, 2.45) is 0 Å². The Labute approximate surface area is 82.3 Å². The van der Waals surface area contributed by atoms with Crippen LogP contribution in [-0.4, -0.2) is 29.7 Å². The Morgan fingerprint density at radius 3 is 2.92 bits per heavy atom. The molecule has 1 aromatic heterocycles. The van der Waals surface area contributed by atoms with Gasteiger partial charge >= 0.3 is 0 Å². The van der Waals surface area contributed by atoms with Crippen LogP contribution in [0, 0.1) is 0 Å². The van der Waals surface area contributed by atoms with Gasteiger partial charge in [0.2, 0.25) is 0 Å². The van der Waals surface area contributed by atoms with Gasteiger partial charge in [-0.05, 0) is 6.42 Å². The molecule has 0 amide bonds. The Bertz CT molecular complexity index is 289. The van der Waals surface area contributed by atoms with E-state index in [1.54, 1.807) is 18.5 Å². The smallest absolute Gasteiger partial charge is 0.142 e. The van der Waals surface area contributed by atoms with Crippen molar-refractivity contribution in [2.45, 2.75) is 6.42 Å². The quantitative estimate of drug-likeness (QED) is 0.741. The van der Waals surface area contributed by atoms with Crippen LogP contribution in [0.3, 0.4) is 0 Å². The summed E-state index contributed by atoms with van der Waals surface area (Å²) in [6.07, 6.45) is 4.54. The zero-order chi connectivity index (χ0) is 9.10. The Hall–Kier alpha value is -0.800. The summed E-state index contributed by atoms with van der Waals surface area (Å²) in [7, 11) is 0. The molecule has 13 heavy (non-hydrogen) atoms. The number of ether oxygens (including phenoxy) is 1. The lowest BCUT2D eigenvalue weighted by molar-refractivity contribution is 0.0728. The third-order valence-corrected chi connectivity index (χ3v) is 2.25. The number of nitrogens with zero attached hydrogens (tertiary/aromatic N) is 2. The third-order valence-electron chi connectivity index (χ3n) is 2.04. The van der Waals surface area contributed by atoms with Gasteiger partial charge in [0.05, 0.1) is 11.2 Å². The van der Waals surface area contributed by atoms with Crippen LogP contribution in [-0.2, 0) is 0 Å². The average Bonchev–Trinajstić information content (AvgIpc) is 2.01. The summed E-state index contributed by atoms with van der Waals surface area (Å²) in [5.74, 6) is 0.736. The topological polar surface area (TPSA) is 25.4 Å². The fourth-order valence-electron chi connectivity index (χ4n) is 1.15. The van der Waals surface area contributed by atoms with Gasteiger partial charge in [0, 0.05) is 25.4 Å². The summed E-state index contributed by atoms with van der Waals surface area (Å²) in [6, 6.07) is 1.77. The fourth-order valence-corrected chi connectivity index (χ4v) is 1.31. The Balaban J connectivity index is 1.86. The summed E-state index contributed by atoms with van der Waals surface area (Å²) < 4.78 is 5.47. The minimum absolute atomic E-state index is 0.612. The van der Waals surface area contributed by atoms with Gasteiger partial charge in [0.25, 0.3) is 0 Å². The van der Waals surface area contributed by atoms with Crippen molar-refractivity contribution in [3.05, 3.63) is 23.5 Å². The second-order valence-electron chi connectivity index (χ2n) is 3.08. The third kappa shape index (κ3) is 2.32. The molecule has 0 radical (unpaired) electrons. The highest BCUT2D eigenvalue weighted by atomic mass is 35.5. The van der Waals surface area contributed by atoms with Crippen LogP contribution in [0.25, 0.3) is 0 Å². The standard InChI is InChI=1S/C9H11ClN2O/c10-8-4-9(6-11-5-8)13-7-12-2-1-3-12/h4-6H,1-3,7H2. The normalized spacial score (nSPS) is 16.7. The van der Waals surface area contributed by atoms with E-state index in [2.05, 4.69) is 9.88 Å². The lowest BCUT2D eigenvalue weighted by Gasteiger charge is -2.29. The van der Waals surface area contributed by atoms with Crippen molar-refractivity contribution in [1.29, 1.82) is 0 Å². The van der Waals surface area contributed by atoms with Crippen LogP contribution in [0.5, 0.6) is 5.75 Å². The summed E-state index contributed by atoms with van der Waals surface area (Å²) in [4.78, 5) is 6.15. The number of aromatic nitrogens is 1. The Morgan fingerprint density at radius 1 is 1.46 bits per heavy atom. The first-order valence-electron chi connectivity index (χ1n) is 4.30. The van der Waals surface area contributed by atoms with Crippen molar-refractivity contribution in [3.8, 4) is 5.75 Å². The highest BCUT2D eigenvalue weighted by Crippen LogP contribution is 2.16. The molecule has 2 heterocycles. The molecule has 0 spiro atoms. The highest BCUT2D eigenvalue weighted by molar-refractivity contribution is 6.30. The first-order chi connectivity index (χ1) is 6.34. The zero-order valence-electron chi connectivity index (χ0n) is 7.24. The molecule has 1 saturated heterocycles. The van der Waals surface area contributed by atoms with Crippen LogP contribution in [0.1, 0.15) is 6.42 Å². The molecule has 1 fully saturated rings. The summed E-state index contributed by atoms with van der Waals surface area (Å²) in [5, 5.41) is 0.612. The monoisotopic (exact) mass is 198 g/mol. The molecule has 0 N–H and O–H groups in total. The minimum Gasteiger partial charge on any atom is -0.476 e. The lowest BCUT2D eigenvalue weighted by Crippen LogP contribution is -2.39. The van der Waals surface area contributed by atoms with Crippen LogP contribution in [0.4, 0.5) is 0 Å². The number of hydrogen-bond donors (Lipinski definition) is 0. The molecular weight excluding hydrogens is 188 g/mol. The largest absolute Gasteiger partial charge is 0.476 e. The lowest BCUT2D eigenvalue weighted by atomic mass is 10.2.